The van der Waals surface area contributed by atoms with Crippen molar-refractivity contribution in [1.29, 1.82) is 0 Å². The van der Waals surface area contributed by atoms with Crippen molar-refractivity contribution in [3.05, 3.63) is 53.2 Å². The number of hydrogen-bond donors (Lipinski definition) is 1. The van der Waals surface area contributed by atoms with Gasteiger partial charge in [0.05, 0.1) is 5.69 Å². The molecular weight excluding hydrogens is 208 g/mol. The highest BCUT2D eigenvalue weighted by molar-refractivity contribution is 6.33. The van der Waals surface area contributed by atoms with Gasteiger partial charge in [0.2, 0.25) is 0 Å². The van der Waals surface area contributed by atoms with Gasteiger partial charge in [-0.15, -0.1) is 0 Å². The van der Waals surface area contributed by atoms with E-state index >= 15 is 0 Å². The summed E-state index contributed by atoms with van der Waals surface area (Å²) < 4.78 is 0. The van der Waals surface area contributed by atoms with E-state index in [0.29, 0.717) is 11.6 Å². The number of nitrogens with two attached hydrogens (primary N) is 1. The van der Waals surface area contributed by atoms with Crippen LogP contribution in [0, 0.1) is 0 Å². The molecule has 1 heterocycles. The van der Waals surface area contributed by atoms with Crippen molar-refractivity contribution in [3.8, 4) is 11.3 Å². The third-order valence-corrected chi connectivity index (χ3v) is 2.54. The molecule has 0 saturated carbocycles. The minimum Gasteiger partial charge on any atom is -0.326 e. The molecule has 0 aliphatic carbocycles. The average molecular weight is 219 g/mol. The molecule has 15 heavy (non-hydrogen) atoms. The van der Waals surface area contributed by atoms with Gasteiger partial charge in [0.15, 0.2) is 0 Å². The monoisotopic (exact) mass is 218 g/mol. The lowest BCUT2D eigenvalue weighted by Gasteiger charge is -2.03. The van der Waals surface area contributed by atoms with Gasteiger partial charge in [-0.1, -0.05) is 35.9 Å². The Morgan fingerprint density at radius 3 is 2.53 bits per heavy atom. The van der Waals surface area contributed by atoms with Gasteiger partial charge < -0.3 is 5.73 Å². The molecule has 0 amide bonds. The predicted octanol–water partition coefficient (Wildman–Crippen LogP) is 2.86. The molecule has 0 aliphatic rings. The van der Waals surface area contributed by atoms with Crippen LogP contribution in [0.5, 0.6) is 0 Å². The number of rotatable bonds is 2. The predicted molar refractivity (Wildman–Crippen MR) is 62.6 cm³/mol. The third-order valence-electron chi connectivity index (χ3n) is 2.21. The molecule has 1 aromatic heterocycles. The maximum Gasteiger partial charge on any atom is 0.0717 e. The normalized spacial score (nSPS) is 10.3. The summed E-state index contributed by atoms with van der Waals surface area (Å²) in [6.45, 7) is 0.510. The highest BCUT2D eigenvalue weighted by atomic mass is 35.5. The third kappa shape index (κ3) is 2.17. The van der Waals surface area contributed by atoms with Crippen LogP contribution in [0.2, 0.25) is 5.02 Å². The van der Waals surface area contributed by atoms with Gasteiger partial charge in [0.25, 0.3) is 0 Å². The highest BCUT2D eigenvalue weighted by Crippen LogP contribution is 2.25. The number of nitrogens with zero attached hydrogens (tertiary/aromatic N) is 1. The fraction of sp³-hybridized carbons (Fsp3) is 0.0833. The van der Waals surface area contributed by atoms with Gasteiger partial charge in [0, 0.05) is 23.3 Å². The fourth-order valence-corrected chi connectivity index (χ4v) is 1.61. The molecule has 0 aliphatic heterocycles. The number of benzene rings is 1. The van der Waals surface area contributed by atoms with Crippen molar-refractivity contribution in [2.24, 2.45) is 5.73 Å². The lowest BCUT2D eigenvalue weighted by atomic mass is 10.1. The molecular formula is C12H11ClN2. The minimum atomic E-state index is 0.510. The second kappa shape index (κ2) is 4.43. The molecule has 2 nitrogen and oxygen atoms in total. The van der Waals surface area contributed by atoms with Crippen molar-refractivity contribution in [2.75, 3.05) is 0 Å². The molecule has 0 unspecified atom stereocenters. The molecule has 0 radical (unpaired) electrons. The Morgan fingerprint density at radius 2 is 1.93 bits per heavy atom. The van der Waals surface area contributed by atoms with Crippen LogP contribution in [0.4, 0.5) is 0 Å². The summed E-state index contributed by atoms with van der Waals surface area (Å²) >= 11 is 6.07. The maximum absolute atomic E-state index is 6.07. The van der Waals surface area contributed by atoms with Gasteiger partial charge in [-0.2, -0.15) is 0 Å². The number of halogens is 1. The lowest BCUT2D eigenvalue weighted by Crippen LogP contribution is -1.96. The van der Waals surface area contributed by atoms with Crippen LogP contribution < -0.4 is 5.73 Å². The van der Waals surface area contributed by atoms with Crippen molar-refractivity contribution < 1.29 is 0 Å². The van der Waals surface area contributed by atoms with Gasteiger partial charge in [0.1, 0.15) is 0 Å². The van der Waals surface area contributed by atoms with Crippen molar-refractivity contribution in [3.63, 3.8) is 0 Å². The largest absolute Gasteiger partial charge is 0.326 e. The first kappa shape index (κ1) is 10.1. The smallest absolute Gasteiger partial charge is 0.0717 e. The average Bonchev–Trinajstić information content (AvgIpc) is 2.30. The Hall–Kier alpha value is -1.38. The second-order valence-corrected chi connectivity index (χ2v) is 3.64. The molecule has 0 spiro atoms. The van der Waals surface area contributed by atoms with Crippen molar-refractivity contribution in [2.45, 2.75) is 6.54 Å². The van der Waals surface area contributed by atoms with Gasteiger partial charge in [-0.05, 0) is 17.7 Å². The molecule has 2 N–H and O–H groups in total. The number of hydrogen-bond acceptors (Lipinski definition) is 2. The van der Waals surface area contributed by atoms with Crippen LogP contribution in [0.15, 0.2) is 42.6 Å². The summed E-state index contributed by atoms with van der Waals surface area (Å²) in [6.07, 6.45) is 1.78. The molecule has 0 atom stereocenters. The van der Waals surface area contributed by atoms with E-state index in [1.807, 2.05) is 36.4 Å². The van der Waals surface area contributed by atoms with E-state index in [4.69, 9.17) is 17.3 Å². The molecule has 3 heteroatoms. The highest BCUT2D eigenvalue weighted by Gasteiger charge is 2.02. The van der Waals surface area contributed by atoms with E-state index in [2.05, 4.69) is 4.98 Å². The fourth-order valence-electron chi connectivity index (χ4n) is 1.37. The topological polar surface area (TPSA) is 38.9 Å². The van der Waals surface area contributed by atoms with Crippen LogP contribution in [-0.4, -0.2) is 4.98 Å². The first-order valence-corrected chi connectivity index (χ1v) is 5.09. The summed E-state index contributed by atoms with van der Waals surface area (Å²) in [7, 11) is 0. The van der Waals surface area contributed by atoms with E-state index in [-0.39, 0.29) is 0 Å². The molecule has 76 valence electrons. The molecule has 1 aromatic carbocycles. The van der Waals surface area contributed by atoms with Crippen LogP contribution in [0.25, 0.3) is 11.3 Å². The Balaban J connectivity index is 2.42. The zero-order chi connectivity index (χ0) is 10.7. The van der Waals surface area contributed by atoms with Crippen molar-refractivity contribution >= 4 is 11.6 Å². The number of pyridine rings is 1. The quantitative estimate of drug-likeness (QED) is 0.842. The zero-order valence-electron chi connectivity index (χ0n) is 8.15. The van der Waals surface area contributed by atoms with E-state index in [1.165, 1.54) is 0 Å². The van der Waals surface area contributed by atoms with Crippen LogP contribution in [-0.2, 0) is 6.54 Å². The van der Waals surface area contributed by atoms with Gasteiger partial charge in [-0.3, -0.25) is 4.98 Å². The second-order valence-electron chi connectivity index (χ2n) is 3.24. The molecule has 0 fully saturated rings. The SMILES string of the molecule is NCc1ccc(-c2ccccc2Cl)nc1. The summed E-state index contributed by atoms with van der Waals surface area (Å²) in [5.41, 5.74) is 8.34. The zero-order valence-corrected chi connectivity index (χ0v) is 8.91. The van der Waals surface area contributed by atoms with E-state index < -0.39 is 0 Å². The summed E-state index contributed by atoms with van der Waals surface area (Å²) in [5.74, 6) is 0. The van der Waals surface area contributed by atoms with Crippen LogP contribution in [0.3, 0.4) is 0 Å². The van der Waals surface area contributed by atoms with Gasteiger partial charge in [-0.25, -0.2) is 0 Å². The summed E-state index contributed by atoms with van der Waals surface area (Å²) in [5, 5.41) is 0.713. The summed E-state index contributed by atoms with van der Waals surface area (Å²) in [6, 6.07) is 11.6. The number of aromatic nitrogens is 1. The minimum absolute atomic E-state index is 0.510. The van der Waals surface area contributed by atoms with E-state index in [9.17, 15) is 0 Å². The van der Waals surface area contributed by atoms with E-state index in [0.717, 1.165) is 16.8 Å². The first-order valence-electron chi connectivity index (χ1n) is 4.71. The Bertz CT molecular complexity index is 451. The standard InChI is InChI=1S/C12H11ClN2/c13-11-4-2-1-3-10(11)12-6-5-9(7-14)8-15-12/h1-6,8H,7,14H2. The van der Waals surface area contributed by atoms with Crippen LogP contribution in [0.1, 0.15) is 5.56 Å². The Labute approximate surface area is 93.7 Å². The Kier molecular flexibility index (Phi) is 2.99. The summed E-state index contributed by atoms with van der Waals surface area (Å²) in [4.78, 5) is 4.32. The molecule has 2 rings (SSSR count). The van der Waals surface area contributed by atoms with Crippen molar-refractivity contribution in [1.82, 2.24) is 4.98 Å². The molecule has 2 aromatic rings. The lowest BCUT2D eigenvalue weighted by molar-refractivity contribution is 1.05. The molecule has 0 saturated heterocycles. The molecule has 0 bridgehead atoms. The Morgan fingerprint density at radius 1 is 1.13 bits per heavy atom. The van der Waals surface area contributed by atoms with Crippen LogP contribution >= 0.6 is 11.6 Å². The first-order chi connectivity index (χ1) is 7.31. The van der Waals surface area contributed by atoms with E-state index in [1.54, 1.807) is 6.20 Å². The maximum atomic E-state index is 6.07. The van der Waals surface area contributed by atoms with Gasteiger partial charge >= 0.3 is 0 Å².